The average Bonchev–Trinajstić information content (AvgIpc) is 2.00. The van der Waals surface area contributed by atoms with E-state index in [0.29, 0.717) is 12.3 Å². The summed E-state index contributed by atoms with van der Waals surface area (Å²) in [7, 11) is 0. The molecule has 1 rings (SSSR count). The van der Waals surface area contributed by atoms with Gasteiger partial charge in [-0.2, -0.15) is 0 Å². The topological polar surface area (TPSA) is 60.7 Å². The quantitative estimate of drug-likeness (QED) is 0.521. The molecule has 13 heavy (non-hydrogen) atoms. The number of aliphatic hydroxyl groups excluding tert-OH is 2. The van der Waals surface area contributed by atoms with Gasteiger partial charge in [0.25, 0.3) is 0 Å². The minimum Gasteiger partial charge on any atom is -0.390 e. The molecule has 0 aromatic heterocycles. The van der Waals surface area contributed by atoms with Crippen LogP contribution in [0.4, 0.5) is 0 Å². The van der Waals surface area contributed by atoms with Gasteiger partial charge in [-0.15, -0.1) is 0 Å². The van der Waals surface area contributed by atoms with Crippen LogP contribution >= 0.6 is 0 Å². The van der Waals surface area contributed by atoms with Crippen molar-refractivity contribution in [2.75, 3.05) is 0 Å². The van der Waals surface area contributed by atoms with Gasteiger partial charge in [0.1, 0.15) is 11.7 Å². The van der Waals surface area contributed by atoms with Gasteiger partial charge in [0, 0.05) is 0 Å². The van der Waals surface area contributed by atoms with Crippen molar-refractivity contribution >= 4 is 0 Å². The lowest BCUT2D eigenvalue weighted by atomic mass is 9.79. The molecule has 0 aromatic carbocycles. The molecule has 1 aliphatic carbocycles. The fraction of sp³-hybridized carbons (Fsp3) is 0.800. The van der Waals surface area contributed by atoms with Gasteiger partial charge in [-0.25, -0.2) is 0 Å². The molecule has 0 heterocycles. The van der Waals surface area contributed by atoms with Gasteiger partial charge in [0.2, 0.25) is 0 Å². The minimum absolute atomic E-state index is 0.306. The minimum atomic E-state index is -1.40. The Morgan fingerprint density at radius 3 is 2.38 bits per heavy atom. The average molecular weight is 186 g/mol. The SMILES string of the molecule is CC(C)C1=CC(O)C(C)(O)C(O)C1. The monoisotopic (exact) mass is 186 g/mol. The Bertz CT molecular complexity index is 218. The van der Waals surface area contributed by atoms with Crippen LogP contribution in [0.1, 0.15) is 27.2 Å². The van der Waals surface area contributed by atoms with Gasteiger partial charge in [0.15, 0.2) is 0 Å². The molecular weight excluding hydrogens is 168 g/mol. The highest BCUT2D eigenvalue weighted by atomic mass is 16.4. The summed E-state index contributed by atoms with van der Waals surface area (Å²) in [6.07, 6.45) is 0.262. The maximum Gasteiger partial charge on any atom is 0.117 e. The molecule has 1 aliphatic rings. The largest absolute Gasteiger partial charge is 0.390 e. The maximum absolute atomic E-state index is 9.67. The molecule has 3 heteroatoms. The van der Waals surface area contributed by atoms with Crippen LogP contribution in [0.25, 0.3) is 0 Å². The van der Waals surface area contributed by atoms with Crippen molar-refractivity contribution in [2.45, 2.75) is 45.0 Å². The molecule has 0 bridgehead atoms. The molecule has 3 unspecified atom stereocenters. The normalized spacial score (nSPS) is 40.7. The highest BCUT2D eigenvalue weighted by Gasteiger charge is 2.40. The van der Waals surface area contributed by atoms with Gasteiger partial charge in [0.05, 0.1) is 6.10 Å². The zero-order valence-electron chi connectivity index (χ0n) is 8.36. The van der Waals surface area contributed by atoms with Gasteiger partial charge in [-0.3, -0.25) is 0 Å². The van der Waals surface area contributed by atoms with E-state index in [-0.39, 0.29) is 0 Å². The van der Waals surface area contributed by atoms with Crippen molar-refractivity contribution in [3.05, 3.63) is 11.6 Å². The van der Waals surface area contributed by atoms with Crippen LogP contribution in [0.15, 0.2) is 11.6 Å². The van der Waals surface area contributed by atoms with Crippen LogP contribution in [0.2, 0.25) is 0 Å². The lowest BCUT2D eigenvalue weighted by Crippen LogP contribution is -2.51. The van der Waals surface area contributed by atoms with Crippen LogP contribution in [-0.4, -0.2) is 33.1 Å². The smallest absolute Gasteiger partial charge is 0.117 e. The predicted octanol–water partition coefficient (Wildman–Crippen LogP) is 0.445. The summed E-state index contributed by atoms with van der Waals surface area (Å²) in [6.45, 7) is 5.46. The predicted molar refractivity (Wildman–Crippen MR) is 50.2 cm³/mol. The van der Waals surface area contributed by atoms with E-state index in [2.05, 4.69) is 0 Å². The van der Waals surface area contributed by atoms with E-state index >= 15 is 0 Å². The Morgan fingerprint density at radius 2 is 2.00 bits per heavy atom. The summed E-state index contributed by atoms with van der Waals surface area (Å²) in [5.74, 6) is 0.306. The Labute approximate surface area is 78.7 Å². The molecule has 3 atom stereocenters. The lowest BCUT2D eigenvalue weighted by molar-refractivity contribution is -0.124. The Kier molecular flexibility index (Phi) is 2.80. The van der Waals surface area contributed by atoms with Crippen molar-refractivity contribution in [1.82, 2.24) is 0 Å². The first kappa shape index (κ1) is 10.7. The van der Waals surface area contributed by atoms with Crippen molar-refractivity contribution in [2.24, 2.45) is 5.92 Å². The molecule has 76 valence electrons. The Balaban J connectivity index is 2.88. The summed E-state index contributed by atoms with van der Waals surface area (Å²) in [5, 5.41) is 28.8. The van der Waals surface area contributed by atoms with E-state index in [0.717, 1.165) is 5.57 Å². The first-order valence-electron chi connectivity index (χ1n) is 4.64. The van der Waals surface area contributed by atoms with Gasteiger partial charge >= 0.3 is 0 Å². The first-order chi connectivity index (χ1) is 5.85. The molecule has 0 radical (unpaired) electrons. The third-order valence-electron chi connectivity index (χ3n) is 2.82. The molecule has 0 aliphatic heterocycles. The number of hydrogen-bond donors (Lipinski definition) is 3. The molecule has 0 amide bonds. The second kappa shape index (κ2) is 3.40. The summed E-state index contributed by atoms with van der Waals surface area (Å²) in [4.78, 5) is 0. The second-order valence-electron chi connectivity index (χ2n) is 4.29. The molecule has 0 saturated heterocycles. The van der Waals surface area contributed by atoms with Crippen molar-refractivity contribution < 1.29 is 15.3 Å². The van der Waals surface area contributed by atoms with Crippen molar-refractivity contribution in [1.29, 1.82) is 0 Å². The first-order valence-corrected chi connectivity index (χ1v) is 4.64. The summed E-state index contributed by atoms with van der Waals surface area (Å²) >= 11 is 0. The zero-order chi connectivity index (χ0) is 10.2. The fourth-order valence-electron chi connectivity index (χ4n) is 1.49. The standard InChI is InChI=1S/C10H18O3/c1-6(2)7-4-8(11)10(3,13)9(12)5-7/h4,6,8-9,11-13H,5H2,1-3H3. The van der Waals surface area contributed by atoms with Crippen molar-refractivity contribution in [3.8, 4) is 0 Å². The molecule has 0 fully saturated rings. The third-order valence-corrected chi connectivity index (χ3v) is 2.82. The molecule has 3 N–H and O–H groups in total. The number of rotatable bonds is 1. The van der Waals surface area contributed by atoms with Crippen LogP contribution in [0, 0.1) is 5.92 Å². The van der Waals surface area contributed by atoms with Crippen LogP contribution < -0.4 is 0 Å². The van der Waals surface area contributed by atoms with E-state index in [9.17, 15) is 15.3 Å². The number of aliphatic hydroxyl groups is 3. The zero-order valence-corrected chi connectivity index (χ0v) is 8.36. The van der Waals surface area contributed by atoms with Crippen LogP contribution in [0.3, 0.4) is 0 Å². The Hall–Kier alpha value is -0.380. The Morgan fingerprint density at radius 1 is 1.46 bits per heavy atom. The number of hydrogen-bond acceptors (Lipinski definition) is 3. The van der Waals surface area contributed by atoms with E-state index in [1.807, 2.05) is 13.8 Å². The van der Waals surface area contributed by atoms with Gasteiger partial charge in [-0.05, 0) is 19.3 Å². The van der Waals surface area contributed by atoms with E-state index < -0.39 is 17.8 Å². The maximum atomic E-state index is 9.67. The summed E-state index contributed by atoms with van der Waals surface area (Å²) in [5.41, 5.74) is -0.398. The van der Waals surface area contributed by atoms with Gasteiger partial charge < -0.3 is 15.3 Å². The highest BCUT2D eigenvalue weighted by Crippen LogP contribution is 2.31. The third kappa shape index (κ3) is 1.93. The van der Waals surface area contributed by atoms with Crippen molar-refractivity contribution in [3.63, 3.8) is 0 Å². The molecule has 0 saturated carbocycles. The molecule has 3 nitrogen and oxygen atoms in total. The second-order valence-corrected chi connectivity index (χ2v) is 4.29. The van der Waals surface area contributed by atoms with Gasteiger partial charge in [-0.1, -0.05) is 25.5 Å². The fourth-order valence-corrected chi connectivity index (χ4v) is 1.49. The van der Waals surface area contributed by atoms with Crippen LogP contribution in [-0.2, 0) is 0 Å². The van der Waals surface area contributed by atoms with E-state index in [1.165, 1.54) is 6.92 Å². The van der Waals surface area contributed by atoms with E-state index in [1.54, 1.807) is 6.08 Å². The van der Waals surface area contributed by atoms with E-state index in [4.69, 9.17) is 0 Å². The lowest BCUT2D eigenvalue weighted by Gasteiger charge is -2.37. The molecule has 0 aromatic rings. The van der Waals surface area contributed by atoms with Crippen LogP contribution in [0.5, 0.6) is 0 Å². The molecule has 0 spiro atoms. The molecular formula is C10H18O3. The summed E-state index contributed by atoms with van der Waals surface area (Å²) in [6, 6.07) is 0. The summed E-state index contributed by atoms with van der Waals surface area (Å²) < 4.78 is 0. The highest BCUT2D eigenvalue weighted by molar-refractivity contribution is 5.19.